The van der Waals surface area contributed by atoms with E-state index in [9.17, 15) is 18.7 Å². The Hall–Kier alpha value is -1.79. The summed E-state index contributed by atoms with van der Waals surface area (Å²) >= 11 is 1.44. The van der Waals surface area contributed by atoms with Gasteiger partial charge in [0.1, 0.15) is 0 Å². The van der Waals surface area contributed by atoms with E-state index < -0.39 is 23.6 Å². The lowest BCUT2D eigenvalue weighted by Gasteiger charge is -2.09. The van der Waals surface area contributed by atoms with E-state index in [1.54, 1.807) is 0 Å². The fraction of sp³-hybridized carbons (Fsp3) is 0.214. The minimum atomic E-state index is -1.06. The molecule has 2 N–H and O–H groups in total. The van der Waals surface area contributed by atoms with Crippen LogP contribution in [0.15, 0.2) is 35.7 Å². The third-order valence-corrected chi connectivity index (χ3v) is 3.73. The van der Waals surface area contributed by atoms with E-state index in [0.717, 1.165) is 17.0 Å². The number of nitrogens with one attached hydrogen (secondary N) is 1. The zero-order valence-corrected chi connectivity index (χ0v) is 11.3. The van der Waals surface area contributed by atoms with Crippen LogP contribution in [0.1, 0.15) is 27.8 Å². The van der Waals surface area contributed by atoms with Crippen molar-refractivity contribution in [2.45, 2.75) is 12.5 Å². The highest BCUT2D eigenvalue weighted by Crippen LogP contribution is 2.20. The van der Waals surface area contributed by atoms with Crippen LogP contribution < -0.4 is 5.32 Å². The molecule has 0 saturated carbocycles. The second kappa shape index (κ2) is 6.58. The standard InChI is InChI=1S/C14H13F2NO2S/c15-10-4-3-9(8-11(10)16)14(19)17-6-5-12(18)13-2-1-7-20-13/h1-4,7-8,12,18H,5-6H2,(H,17,19). The summed E-state index contributed by atoms with van der Waals surface area (Å²) < 4.78 is 25.7. The molecule has 0 bridgehead atoms. The molecule has 1 atom stereocenters. The highest BCUT2D eigenvalue weighted by atomic mass is 32.1. The van der Waals surface area contributed by atoms with Gasteiger partial charge >= 0.3 is 0 Å². The van der Waals surface area contributed by atoms with Gasteiger partial charge in [-0.05, 0) is 36.1 Å². The SMILES string of the molecule is O=C(NCCC(O)c1cccs1)c1ccc(F)c(F)c1. The van der Waals surface area contributed by atoms with Gasteiger partial charge in [0.25, 0.3) is 5.91 Å². The third-order valence-electron chi connectivity index (χ3n) is 2.76. The lowest BCUT2D eigenvalue weighted by atomic mass is 10.2. The molecule has 0 aliphatic rings. The first-order valence-electron chi connectivity index (χ1n) is 6.02. The quantitative estimate of drug-likeness (QED) is 0.891. The number of thiophene rings is 1. The number of benzene rings is 1. The Bertz CT molecular complexity index is 587. The summed E-state index contributed by atoms with van der Waals surface area (Å²) in [5, 5.41) is 14.2. The number of hydrogen-bond acceptors (Lipinski definition) is 3. The molecule has 2 aromatic rings. The lowest BCUT2D eigenvalue weighted by Crippen LogP contribution is -2.25. The van der Waals surface area contributed by atoms with Gasteiger partial charge in [-0.3, -0.25) is 4.79 Å². The molecule has 20 heavy (non-hydrogen) atoms. The lowest BCUT2D eigenvalue weighted by molar-refractivity contribution is 0.0942. The summed E-state index contributed by atoms with van der Waals surface area (Å²) in [4.78, 5) is 12.5. The van der Waals surface area contributed by atoms with Crippen molar-refractivity contribution in [2.75, 3.05) is 6.54 Å². The molecular weight excluding hydrogens is 284 g/mol. The molecule has 0 fully saturated rings. The minimum Gasteiger partial charge on any atom is -0.388 e. The summed E-state index contributed by atoms with van der Waals surface area (Å²) in [6.07, 6.45) is -0.282. The maximum atomic E-state index is 13.0. The van der Waals surface area contributed by atoms with E-state index in [1.165, 1.54) is 17.4 Å². The van der Waals surface area contributed by atoms with E-state index in [1.807, 2.05) is 17.5 Å². The normalized spacial score (nSPS) is 12.2. The van der Waals surface area contributed by atoms with Gasteiger partial charge in [-0.15, -0.1) is 11.3 Å². The van der Waals surface area contributed by atoms with Crippen molar-refractivity contribution in [3.05, 3.63) is 57.8 Å². The number of hydrogen-bond donors (Lipinski definition) is 2. The van der Waals surface area contributed by atoms with Crippen LogP contribution in [0.3, 0.4) is 0 Å². The molecule has 0 spiro atoms. The van der Waals surface area contributed by atoms with E-state index >= 15 is 0 Å². The van der Waals surface area contributed by atoms with Gasteiger partial charge in [-0.1, -0.05) is 6.07 Å². The summed E-state index contributed by atoms with van der Waals surface area (Å²) in [5.41, 5.74) is 0.0505. The van der Waals surface area contributed by atoms with Gasteiger partial charge in [-0.2, -0.15) is 0 Å². The van der Waals surface area contributed by atoms with Crippen LogP contribution in [0.4, 0.5) is 8.78 Å². The Morgan fingerprint density at radius 3 is 2.75 bits per heavy atom. The van der Waals surface area contributed by atoms with Gasteiger partial charge < -0.3 is 10.4 Å². The maximum Gasteiger partial charge on any atom is 0.251 e. The monoisotopic (exact) mass is 297 g/mol. The predicted molar refractivity (Wildman–Crippen MR) is 72.6 cm³/mol. The van der Waals surface area contributed by atoms with Crippen LogP contribution in [0.5, 0.6) is 0 Å². The van der Waals surface area contributed by atoms with Crippen LogP contribution in [-0.2, 0) is 0 Å². The topological polar surface area (TPSA) is 49.3 Å². The molecule has 1 heterocycles. The Morgan fingerprint density at radius 1 is 1.30 bits per heavy atom. The fourth-order valence-electron chi connectivity index (χ4n) is 1.68. The van der Waals surface area contributed by atoms with Crippen molar-refractivity contribution in [1.82, 2.24) is 5.32 Å². The largest absolute Gasteiger partial charge is 0.388 e. The molecule has 1 unspecified atom stereocenters. The number of halogens is 2. The number of carbonyl (C=O) groups excluding carboxylic acids is 1. The molecule has 6 heteroatoms. The Morgan fingerprint density at radius 2 is 2.10 bits per heavy atom. The average Bonchev–Trinajstić information content (AvgIpc) is 2.95. The van der Waals surface area contributed by atoms with Crippen molar-refractivity contribution in [3.63, 3.8) is 0 Å². The molecule has 3 nitrogen and oxygen atoms in total. The predicted octanol–water partition coefficient (Wildman–Crippen LogP) is 2.88. The first-order valence-corrected chi connectivity index (χ1v) is 6.90. The molecule has 0 aliphatic carbocycles. The van der Waals surface area contributed by atoms with Crippen molar-refractivity contribution in [3.8, 4) is 0 Å². The zero-order chi connectivity index (χ0) is 14.5. The Kier molecular flexibility index (Phi) is 4.81. The van der Waals surface area contributed by atoms with Crippen molar-refractivity contribution < 1.29 is 18.7 Å². The number of rotatable bonds is 5. The minimum absolute atomic E-state index is 0.0505. The highest BCUT2D eigenvalue weighted by molar-refractivity contribution is 7.10. The Labute approximate surface area is 118 Å². The van der Waals surface area contributed by atoms with E-state index in [-0.39, 0.29) is 12.1 Å². The van der Waals surface area contributed by atoms with E-state index in [2.05, 4.69) is 5.32 Å². The molecule has 106 valence electrons. The van der Waals surface area contributed by atoms with Crippen LogP contribution in [0.2, 0.25) is 0 Å². The number of carbonyl (C=O) groups is 1. The molecule has 2 rings (SSSR count). The fourth-order valence-corrected chi connectivity index (χ4v) is 2.43. The number of aliphatic hydroxyl groups is 1. The van der Waals surface area contributed by atoms with Crippen molar-refractivity contribution in [1.29, 1.82) is 0 Å². The van der Waals surface area contributed by atoms with Crippen molar-refractivity contribution >= 4 is 17.2 Å². The summed E-state index contributed by atoms with van der Waals surface area (Å²) in [6, 6.07) is 6.62. The van der Waals surface area contributed by atoms with Crippen LogP contribution in [0, 0.1) is 11.6 Å². The first-order chi connectivity index (χ1) is 9.58. The molecule has 1 amide bonds. The first kappa shape index (κ1) is 14.6. The molecule has 0 aliphatic heterocycles. The average molecular weight is 297 g/mol. The summed E-state index contributed by atoms with van der Waals surface area (Å²) in [7, 11) is 0. The molecule has 1 aromatic carbocycles. The van der Waals surface area contributed by atoms with Crippen molar-refractivity contribution in [2.24, 2.45) is 0 Å². The van der Waals surface area contributed by atoms with Gasteiger partial charge in [-0.25, -0.2) is 8.78 Å². The molecule has 0 radical (unpaired) electrons. The highest BCUT2D eigenvalue weighted by Gasteiger charge is 2.11. The second-order valence-corrected chi connectivity index (χ2v) is 5.18. The van der Waals surface area contributed by atoms with Gasteiger partial charge in [0.2, 0.25) is 0 Å². The van der Waals surface area contributed by atoms with E-state index in [4.69, 9.17) is 0 Å². The maximum absolute atomic E-state index is 13.0. The number of amides is 1. The van der Waals surface area contributed by atoms with Gasteiger partial charge in [0.15, 0.2) is 11.6 Å². The third kappa shape index (κ3) is 3.61. The van der Waals surface area contributed by atoms with Crippen LogP contribution in [0.25, 0.3) is 0 Å². The zero-order valence-electron chi connectivity index (χ0n) is 10.5. The summed E-state index contributed by atoms with van der Waals surface area (Å²) in [5.74, 6) is -2.55. The molecule has 0 saturated heterocycles. The smallest absolute Gasteiger partial charge is 0.251 e. The van der Waals surface area contributed by atoms with Crippen LogP contribution in [-0.4, -0.2) is 17.6 Å². The van der Waals surface area contributed by atoms with Gasteiger partial charge in [0, 0.05) is 17.0 Å². The number of aliphatic hydroxyl groups excluding tert-OH is 1. The Balaban J connectivity index is 1.84. The van der Waals surface area contributed by atoms with E-state index in [0.29, 0.717) is 6.42 Å². The van der Waals surface area contributed by atoms with Gasteiger partial charge in [0.05, 0.1) is 6.10 Å². The molecular formula is C14H13F2NO2S. The summed E-state index contributed by atoms with van der Waals surface area (Å²) in [6.45, 7) is 0.247. The second-order valence-electron chi connectivity index (χ2n) is 4.20. The molecule has 1 aromatic heterocycles. The van der Waals surface area contributed by atoms with Crippen LogP contribution >= 0.6 is 11.3 Å².